The second-order valence-electron chi connectivity index (χ2n) is 29.9. The zero-order chi connectivity index (χ0) is 75.9. The largest absolute Gasteiger partial charge is 0.476 e. The van der Waals surface area contributed by atoms with Crippen LogP contribution >= 0.6 is 11.3 Å². The molecule has 4 fully saturated rings. The lowest BCUT2D eigenvalue weighted by molar-refractivity contribution is -0.250. The van der Waals surface area contributed by atoms with E-state index in [4.69, 9.17) is 35.8 Å². The summed E-state index contributed by atoms with van der Waals surface area (Å²) in [5.41, 5.74) is 16.1. The number of rotatable bonds is 35. The summed E-state index contributed by atoms with van der Waals surface area (Å²) in [6.07, 6.45) is 10.8. The van der Waals surface area contributed by atoms with Crippen molar-refractivity contribution in [2.24, 2.45) is 33.6 Å². The molecule has 5 heterocycles. The number of nitrogens with zero attached hydrogens (tertiary/aromatic N) is 8. The molecule has 9 N–H and O–H groups in total. The predicted molar refractivity (Wildman–Crippen MR) is 395 cm³/mol. The maximum atomic E-state index is 14.7. The second-order valence-corrected chi connectivity index (χ2v) is 32.5. The number of imide groups is 1. The van der Waals surface area contributed by atoms with Crippen molar-refractivity contribution in [1.29, 1.82) is 0 Å². The average Bonchev–Trinajstić information content (AvgIpc) is 1.71. The van der Waals surface area contributed by atoms with Crippen molar-refractivity contribution in [3.05, 3.63) is 131 Å². The lowest BCUT2D eigenvalue weighted by Crippen LogP contribution is -2.64. The van der Waals surface area contributed by atoms with Crippen LogP contribution in [0.1, 0.15) is 148 Å². The number of carboxylic acid groups (broad SMARTS) is 1. The smallest absolute Gasteiger partial charge is 0.410 e. The Labute approximate surface area is 618 Å². The van der Waals surface area contributed by atoms with Gasteiger partial charge in [0.1, 0.15) is 24.5 Å². The minimum absolute atomic E-state index is 0.0134. The summed E-state index contributed by atoms with van der Waals surface area (Å²) in [6.45, 7) is 11.3. The number of carboxylic acids is 1. The lowest BCUT2D eigenvalue weighted by Gasteiger charge is -2.69. The van der Waals surface area contributed by atoms with Crippen LogP contribution in [0.5, 0.6) is 0 Å². The Balaban J connectivity index is 0.693. The van der Waals surface area contributed by atoms with Crippen LogP contribution in [0.2, 0.25) is 0 Å². The Morgan fingerprint density at radius 2 is 1.55 bits per heavy atom. The Morgan fingerprint density at radius 3 is 2.24 bits per heavy atom. The predicted octanol–water partition coefficient (Wildman–Crippen LogP) is 8.32. The number of anilines is 3. The number of hydrogen-bond acceptors (Lipinski definition) is 19. The molecule has 12 rings (SSSR count). The van der Waals surface area contributed by atoms with E-state index in [0.29, 0.717) is 78.5 Å². The van der Waals surface area contributed by atoms with Gasteiger partial charge in [-0.25, -0.2) is 24.4 Å². The molecule has 0 radical (unpaired) electrons. The summed E-state index contributed by atoms with van der Waals surface area (Å²) >= 11 is 1.40. The quantitative estimate of drug-likeness (QED) is 0.0112. The molecule has 9 amide bonds. The number of amides is 9. The van der Waals surface area contributed by atoms with Gasteiger partial charge in [0.05, 0.1) is 47.6 Å². The van der Waals surface area contributed by atoms with E-state index in [0.717, 1.165) is 75.4 Å². The first-order chi connectivity index (χ1) is 50.4. The Morgan fingerprint density at radius 1 is 0.811 bits per heavy atom. The number of nitrogens with one attached hydrogen (secondary N) is 3. The summed E-state index contributed by atoms with van der Waals surface area (Å²) in [6, 6.07) is 19.9. The minimum Gasteiger partial charge on any atom is -0.476 e. The van der Waals surface area contributed by atoms with Crippen LogP contribution in [0.25, 0.3) is 21.3 Å². The number of hydrogen-bond donors (Lipinski definition) is 7. The van der Waals surface area contributed by atoms with Crippen molar-refractivity contribution in [2.75, 3.05) is 73.4 Å². The van der Waals surface area contributed by atoms with Crippen molar-refractivity contribution in [3.63, 3.8) is 0 Å². The summed E-state index contributed by atoms with van der Waals surface area (Å²) in [5.74, 6) is -5.01. The molecule has 4 aliphatic carbocycles. The maximum Gasteiger partial charge on any atom is 0.410 e. The van der Waals surface area contributed by atoms with E-state index in [1.165, 1.54) is 40.5 Å². The highest BCUT2D eigenvalue weighted by Crippen LogP contribution is 2.72. The average molecular weight is 1500 g/mol. The van der Waals surface area contributed by atoms with Crippen LogP contribution in [0.15, 0.2) is 97.2 Å². The van der Waals surface area contributed by atoms with E-state index < -0.39 is 93.6 Å². The zero-order valence-corrected chi connectivity index (χ0v) is 61.9. The molecule has 3 aromatic carbocycles. The molecule has 31 heteroatoms. The Kier molecular flexibility index (Phi) is 23.8. The van der Waals surface area contributed by atoms with Gasteiger partial charge in [0.25, 0.3) is 33.7 Å². The number of fused-ring (bicyclic) bond motifs is 2. The molecule has 29 nitrogen and oxygen atoms in total. The first-order valence-corrected chi connectivity index (χ1v) is 38.3. The van der Waals surface area contributed by atoms with Gasteiger partial charge < -0.3 is 51.2 Å². The van der Waals surface area contributed by atoms with Crippen LogP contribution in [0.4, 0.5) is 26.2 Å². The standard InChI is InChI=1S/C75H93N13O16S2/c1-47(2)63(82-60(89)18-7-6-10-29-86-61(90)25-26-62(86)91)67(94)88(57(65(76)92)16-12-28-78-69(77)97)51-21-19-49(20-22-51)39-103-71(98)84(32-36-106(99,100)101)31-33-102-34-35-104-75-43-72(4)40-73(5,44-75)42-74(41-72,45-75)46-87-48(3)54(37-79-87)52-23-24-59(81-64(52)68(95)96)85-30-27-50-13-11-14-53(55(50)38-85)66(93)83-70-80-56-15-8-9-17-58(56)105-70/h8-9,11,13-15,17,19-26,37,47,57,63H,6-7,10,12,16,18,27-36,38-46H2,1-5H3,(H2,76,92)(H,82,89)(H,95,96)(H3,77,78,97)(H,80,83,93)(H,99,100,101)/t57-,63-,72?,73?,74?,75?/m0/s1. The van der Waals surface area contributed by atoms with E-state index in [9.17, 15) is 61.2 Å². The number of carbonyl (C=O) groups is 9. The molecule has 0 spiro atoms. The first-order valence-electron chi connectivity index (χ1n) is 35.9. The number of benzene rings is 3. The molecule has 4 bridgehead atoms. The highest BCUT2D eigenvalue weighted by Gasteiger charge is 2.66. The van der Waals surface area contributed by atoms with Gasteiger partial charge in [-0.3, -0.25) is 53.1 Å². The van der Waals surface area contributed by atoms with Gasteiger partial charge in [-0.2, -0.15) is 13.5 Å². The third-order valence-corrected chi connectivity index (χ3v) is 22.5. The van der Waals surface area contributed by atoms with Gasteiger partial charge in [-0.15, -0.1) is 0 Å². The first kappa shape index (κ1) is 77.4. The summed E-state index contributed by atoms with van der Waals surface area (Å²) in [5, 5.41) is 24.4. The number of urea groups is 1. The van der Waals surface area contributed by atoms with Crippen LogP contribution in [0.3, 0.4) is 0 Å². The molecule has 2 unspecified atom stereocenters. The van der Waals surface area contributed by atoms with E-state index in [1.807, 2.05) is 59.0 Å². The molecule has 6 aromatic rings. The van der Waals surface area contributed by atoms with Gasteiger partial charge in [0.15, 0.2) is 10.8 Å². The van der Waals surface area contributed by atoms with Crippen molar-refractivity contribution in [1.82, 2.24) is 40.2 Å². The Bertz CT molecular complexity index is 4410. The number of ether oxygens (including phenoxy) is 3. The van der Waals surface area contributed by atoms with E-state index >= 15 is 0 Å². The van der Waals surface area contributed by atoms with Gasteiger partial charge in [-0.05, 0) is 159 Å². The zero-order valence-electron chi connectivity index (χ0n) is 60.3. The maximum absolute atomic E-state index is 14.7. The highest BCUT2D eigenvalue weighted by atomic mass is 32.2. The van der Waals surface area contributed by atoms with Crippen LogP contribution in [-0.4, -0.2) is 177 Å². The van der Waals surface area contributed by atoms with Crippen molar-refractivity contribution in [3.8, 4) is 11.1 Å². The van der Waals surface area contributed by atoms with Gasteiger partial charge in [0, 0.05) is 92.5 Å². The number of aromatic carboxylic acids is 1. The van der Waals surface area contributed by atoms with Crippen molar-refractivity contribution in [2.45, 2.75) is 155 Å². The number of carbonyl (C=O) groups excluding carboxylic acids is 8. The van der Waals surface area contributed by atoms with Crippen LogP contribution in [-0.2, 0) is 74.4 Å². The molecule has 4 atom stereocenters. The fourth-order valence-electron chi connectivity index (χ4n) is 17.2. The molecule has 0 saturated heterocycles. The molecule has 6 aliphatic rings. The number of nitrogens with two attached hydrogens (primary N) is 2. The van der Waals surface area contributed by atoms with Crippen LogP contribution < -0.4 is 37.2 Å². The third-order valence-electron chi connectivity index (χ3n) is 20.8. The highest BCUT2D eigenvalue weighted by molar-refractivity contribution is 7.85. The number of aromatic nitrogens is 4. The van der Waals surface area contributed by atoms with Gasteiger partial charge >= 0.3 is 18.1 Å². The summed E-state index contributed by atoms with van der Waals surface area (Å²) < 4.78 is 55.4. The van der Waals surface area contributed by atoms with Gasteiger partial charge in [0.2, 0.25) is 11.8 Å². The fraction of sp³-hybridized carbons (Fsp3) is 0.493. The summed E-state index contributed by atoms with van der Waals surface area (Å²) in [7, 11) is -4.52. The Hall–Kier alpha value is -9.69. The number of primary amides is 2. The lowest BCUT2D eigenvalue weighted by atomic mass is 9.39. The normalized spacial score (nSPS) is 20.7. The second kappa shape index (κ2) is 32.6. The monoisotopic (exact) mass is 1500 g/mol. The van der Waals surface area contributed by atoms with Crippen molar-refractivity contribution < 1.29 is 75.4 Å². The van der Waals surface area contributed by atoms with Crippen molar-refractivity contribution >= 4 is 102 Å². The number of para-hydroxylation sites is 1. The van der Waals surface area contributed by atoms with E-state index in [-0.39, 0.29) is 98.9 Å². The van der Waals surface area contributed by atoms with Crippen LogP contribution in [0, 0.1) is 29.1 Å². The molecule has 2 aliphatic heterocycles. The molecular weight excluding hydrogens is 1400 g/mol. The summed E-state index contributed by atoms with van der Waals surface area (Å²) in [4.78, 5) is 132. The molecule has 3 aromatic heterocycles. The molecule has 106 heavy (non-hydrogen) atoms. The number of pyridine rings is 1. The third kappa shape index (κ3) is 18.6. The van der Waals surface area contributed by atoms with Gasteiger partial charge in [-0.1, -0.05) is 81.9 Å². The molecule has 4 saturated carbocycles. The topological polar surface area (TPSA) is 401 Å². The number of unbranched alkanes of at least 4 members (excludes halogenated alkanes) is 2. The van der Waals surface area contributed by atoms with E-state index in [2.05, 4.69) is 34.8 Å². The molecule has 566 valence electrons. The van der Waals surface area contributed by atoms with E-state index in [1.54, 1.807) is 44.3 Å². The fourth-order valence-corrected chi connectivity index (χ4v) is 18.5. The minimum atomic E-state index is -4.52. The molecular formula is C75H93N13O16S2. The number of thiazole rings is 1. The SMILES string of the molecule is Cc1c(-c2ccc(N3CCc4cccc(C(=O)Nc5nc6ccccc6s5)c4C3)nc2C(=O)O)cnn1CC12CC3(C)CC(C)(C1)CC(OCCOCCN(CCS(=O)(=O)O)C(=O)OCc1ccc(N(C(=O)[C@@H](NC(=O)CCCCCN4C(=O)C=CC4=O)C(C)C)[C@@H](CCCNC(N)=O)C(N)=O)cc1)(C3)C2.